The number of hydrogen-bond donors (Lipinski definition) is 0. The van der Waals surface area contributed by atoms with Crippen molar-refractivity contribution in [2.45, 2.75) is 50.4 Å². The van der Waals surface area contributed by atoms with Gasteiger partial charge in [-0.05, 0) is 32.6 Å². The largest absolute Gasteiger partial charge is 0.379 e. The smallest absolute Gasteiger partial charge is 0.173 e. The highest BCUT2D eigenvalue weighted by Crippen LogP contribution is 2.48. The van der Waals surface area contributed by atoms with Crippen molar-refractivity contribution < 1.29 is 9.47 Å². The topological polar surface area (TPSA) is 45.5 Å². The molecule has 1 heterocycles. The van der Waals surface area contributed by atoms with Crippen molar-refractivity contribution in [2.24, 2.45) is 0 Å². The molecule has 0 aromatic carbocycles. The summed E-state index contributed by atoms with van der Waals surface area (Å²) in [5.74, 6) is 0. The van der Waals surface area contributed by atoms with Crippen LogP contribution in [0.25, 0.3) is 0 Å². The lowest BCUT2D eigenvalue weighted by atomic mass is 9.85. The average molecular weight is 181 g/mol. The molecule has 0 radical (unpaired) electrons. The Morgan fingerprint density at radius 3 is 2.69 bits per heavy atom. The predicted molar refractivity (Wildman–Crippen MR) is 47.1 cm³/mol. The van der Waals surface area contributed by atoms with Gasteiger partial charge < -0.3 is 9.47 Å². The van der Waals surface area contributed by atoms with Crippen LogP contribution >= 0.6 is 0 Å². The van der Waals surface area contributed by atoms with Gasteiger partial charge in [0.2, 0.25) is 0 Å². The van der Waals surface area contributed by atoms with Crippen LogP contribution < -0.4 is 0 Å². The molecule has 3 nitrogen and oxygen atoms in total. The first-order chi connectivity index (χ1) is 6.30. The van der Waals surface area contributed by atoms with Crippen LogP contribution in [0.2, 0.25) is 0 Å². The third-order valence-corrected chi connectivity index (χ3v) is 3.07. The second-order valence-corrected chi connectivity index (χ2v) is 3.85. The van der Waals surface area contributed by atoms with Gasteiger partial charge in [0.15, 0.2) is 6.10 Å². The number of ether oxygens (including phenoxy) is 2. The Morgan fingerprint density at radius 2 is 2.23 bits per heavy atom. The summed E-state index contributed by atoms with van der Waals surface area (Å²) in [6, 6.07) is 2.18. The fourth-order valence-electron chi connectivity index (χ4n) is 2.21. The van der Waals surface area contributed by atoms with E-state index >= 15 is 0 Å². The molecule has 1 saturated carbocycles. The molecule has 1 unspecified atom stereocenters. The molecule has 1 aliphatic heterocycles. The number of epoxide rings is 1. The van der Waals surface area contributed by atoms with Crippen molar-refractivity contribution in [2.75, 3.05) is 6.61 Å². The summed E-state index contributed by atoms with van der Waals surface area (Å²) in [6.45, 7) is 2.82. The van der Waals surface area contributed by atoms with Gasteiger partial charge in [-0.3, -0.25) is 0 Å². The van der Waals surface area contributed by atoms with Crippen molar-refractivity contribution >= 4 is 0 Å². The molecule has 72 valence electrons. The molecule has 1 saturated heterocycles. The van der Waals surface area contributed by atoms with Crippen LogP contribution in [0, 0.1) is 11.3 Å². The minimum Gasteiger partial charge on any atom is -0.379 e. The molecule has 0 aromatic rings. The Hall–Kier alpha value is -0.590. The third kappa shape index (κ3) is 1.56. The summed E-state index contributed by atoms with van der Waals surface area (Å²) in [7, 11) is 0. The molecule has 3 heteroatoms. The molecule has 0 aromatic heterocycles. The van der Waals surface area contributed by atoms with E-state index in [0.29, 0.717) is 6.10 Å². The number of nitriles is 1. The van der Waals surface area contributed by atoms with Gasteiger partial charge in [-0.25, -0.2) is 0 Å². The zero-order chi connectivity index (χ0) is 9.31. The first kappa shape index (κ1) is 8.98. The highest BCUT2D eigenvalue weighted by atomic mass is 16.6. The van der Waals surface area contributed by atoms with Gasteiger partial charge in [0, 0.05) is 6.61 Å². The van der Waals surface area contributed by atoms with E-state index in [1.165, 1.54) is 0 Å². The van der Waals surface area contributed by atoms with E-state index < -0.39 is 0 Å². The summed E-state index contributed by atoms with van der Waals surface area (Å²) in [5, 5.41) is 8.69. The zero-order valence-corrected chi connectivity index (χ0v) is 7.95. The average Bonchev–Trinajstić information content (AvgIpc) is 2.84. The normalized spacial score (nSPS) is 43.1. The van der Waals surface area contributed by atoms with Gasteiger partial charge in [-0.1, -0.05) is 0 Å². The van der Waals surface area contributed by atoms with Gasteiger partial charge in [0.1, 0.15) is 5.60 Å². The summed E-state index contributed by atoms with van der Waals surface area (Å²) in [4.78, 5) is 0. The van der Waals surface area contributed by atoms with Gasteiger partial charge in [-0.2, -0.15) is 5.26 Å². The number of nitrogens with zero attached hydrogens (tertiary/aromatic N) is 1. The van der Waals surface area contributed by atoms with Crippen LogP contribution in [0.15, 0.2) is 0 Å². The Balaban J connectivity index is 1.81. The fraction of sp³-hybridized carbons (Fsp3) is 0.900. The Bertz CT molecular complexity index is 226. The molecule has 13 heavy (non-hydrogen) atoms. The Kier molecular flexibility index (Phi) is 2.27. The number of hydrogen-bond acceptors (Lipinski definition) is 3. The zero-order valence-electron chi connectivity index (χ0n) is 7.95. The maximum absolute atomic E-state index is 8.69. The second kappa shape index (κ2) is 3.28. The minimum absolute atomic E-state index is 0.0671. The highest BCUT2D eigenvalue weighted by Gasteiger charge is 2.57. The SMILES string of the molecule is CCOC1CCC2(CC1)OC2C#N. The first-order valence-corrected chi connectivity index (χ1v) is 5.00. The molecular formula is C10H15NO2. The summed E-state index contributed by atoms with van der Waals surface area (Å²) >= 11 is 0. The van der Waals surface area contributed by atoms with E-state index in [0.717, 1.165) is 32.3 Å². The van der Waals surface area contributed by atoms with Crippen LogP contribution in [-0.2, 0) is 9.47 Å². The maximum atomic E-state index is 8.69. The predicted octanol–water partition coefficient (Wildman–Crippen LogP) is 1.63. The van der Waals surface area contributed by atoms with E-state index in [-0.39, 0.29) is 11.7 Å². The van der Waals surface area contributed by atoms with Gasteiger partial charge in [0.25, 0.3) is 0 Å². The first-order valence-electron chi connectivity index (χ1n) is 5.00. The highest BCUT2D eigenvalue weighted by molar-refractivity contribution is 5.15. The van der Waals surface area contributed by atoms with E-state index in [4.69, 9.17) is 14.7 Å². The molecule has 1 spiro atoms. The van der Waals surface area contributed by atoms with Crippen molar-refractivity contribution in [1.82, 2.24) is 0 Å². The van der Waals surface area contributed by atoms with Gasteiger partial charge in [-0.15, -0.1) is 0 Å². The quantitative estimate of drug-likeness (QED) is 0.608. The van der Waals surface area contributed by atoms with Crippen LogP contribution in [-0.4, -0.2) is 24.4 Å². The summed E-state index contributed by atoms with van der Waals surface area (Å²) in [5.41, 5.74) is -0.0671. The minimum atomic E-state index is -0.130. The second-order valence-electron chi connectivity index (χ2n) is 3.85. The van der Waals surface area contributed by atoms with E-state index in [1.807, 2.05) is 6.92 Å². The fourth-order valence-corrected chi connectivity index (χ4v) is 2.21. The van der Waals surface area contributed by atoms with Gasteiger partial charge in [0.05, 0.1) is 12.2 Å². The lowest BCUT2D eigenvalue weighted by molar-refractivity contribution is 0.0193. The molecule has 0 N–H and O–H groups in total. The van der Waals surface area contributed by atoms with Crippen molar-refractivity contribution in [3.63, 3.8) is 0 Å². The Labute approximate surface area is 78.6 Å². The molecular weight excluding hydrogens is 166 g/mol. The standard InChI is InChI=1S/C10H15NO2/c1-2-12-8-3-5-10(6-4-8)9(7-11)13-10/h8-9H,2-6H2,1H3. The summed E-state index contributed by atoms with van der Waals surface area (Å²) < 4.78 is 10.9. The van der Waals surface area contributed by atoms with Crippen LogP contribution in [0.1, 0.15) is 32.6 Å². The molecule has 2 rings (SSSR count). The third-order valence-electron chi connectivity index (χ3n) is 3.07. The van der Waals surface area contributed by atoms with Crippen LogP contribution in [0.5, 0.6) is 0 Å². The van der Waals surface area contributed by atoms with Gasteiger partial charge >= 0.3 is 0 Å². The van der Waals surface area contributed by atoms with E-state index in [9.17, 15) is 0 Å². The monoisotopic (exact) mass is 181 g/mol. The summed E-state index contributed by atoms with van der Waals surface area (Å²) in [6.07, 6.45) is 4.36. The molecule has 1 aliphatic carbocycles. The van der Waals surface area contributed by atoms with Crippen LogP contribution in [0.4, 0.5) is 0 Å². The van der Waals surface area contributed by atoms with E-state index in [2.05, 4.69) is 6.07 Å². The van der Waals surface area contributed by atoms with Crippen molar-refractivity contribution in [3.05, 3.63) is 0 Å². The van der Waals surface area contributed by atoms with Crippen LogP contribution in [0.3, 0.4) is 0 Å². The lowest BCUT2D eigenvalue weighted by Gasteiger charge is -2.25. The van der Waals surface area contributed by atoms with Crippen molar-refractivity contribution in [1.29, 1.82) is 5.26 Å². The Morgan fingerprint density at radius 1 is 1.54 bits per heavy atom. The molecule has 0 amide bonds. The lowest BCUT2D eigenvalue weighted by Crippen LogP contribution is -2.28. The molecule has 2 aliphatic rings. The molecule has 2 fully saturated rings. The molecule has 1 atom stereocenters. The van der Waals surface area contributed by atoms with Crippen molar-refractivity contribution in [3.8, 4) is 6.07 Å². The molecule has 0 bridgehead atoms. The van der Waals surface area contributed by atoms with E-state index in [1.54, 1.807) is 0 Å². The number of rotatable bonds is 2. The maximum Gasteiger partial charge on any atom is 0.173 e.